The van der Waals surface area contributed by atoms with E-state index < -0.39 is 20.0 Å². The van der Waals surface area contributed by atoms with Gasteiger partial charge in [-0.15, -0.1) is 0 Å². The van der Waals surface area contributed by atoms with E-state index >= 15 is 0 Å². The van der Waals surface area contributed by atoms with Gasteiger partial charge in [0.1, 0.15) is 13.2 Å². The first kappa shape index (κ1) is 43.5. The van der Waals surface area contributed by atoms with E-state index in [1.54, 1.807) is 0 Å². The molecule has 3 atom stereocenters. The second kappa shape index (κ2) is 28.7. The Labute approximate surface area is 272 Å². The van der Waals surface area contributed by atoms with Crippen molar-refractivity contribution in [3.63, 3.8) is 0 Å². The van der Waals surface area contributed by atoms with Gasteiger partial charge in [-0.05, 0) is 12.8 Å². The van der Waals surface area contributed by atoms with Gasteiger partial charge in [-0.3, -0.25) is 9.36 Å². The molecule has 0 rings (SSSR count). The van der Waals surface area contributed by atoms with Gasteiger partial charge >= 0.3 is 0 Å². The standard InChI is InChI=1S/C35H73N2O6P/c1-6-8-10-12-14-15-16-17-18-19-20-21-22-23-25-27-29-35(39)36-33(34(38)28-26-24-13-11-9-7-2)32-43-44(40,41)42-31-30-37(3,4)5/h33-34,38H,6-32H2,1-5H3,(H-,36,39,40,41). The Balaban J connectivity index is 4.27. The molecular weight excluding hydrogens is 575 g/mol. The molecule has 0 aromatic carbocycles. The Bertz CT molecular complexity index is 703. The maximum Gasteiger partial charge on any atom is 0.268 e. The fourth-order valence-electron chi connectivity index (χ4n) is 5.33. The molecule has 44 heavy (non-hydrogen) atoms. The zero-order chi connectivity index (χ0) is 32.9. The van der Waals surface area contributed by atoms with Gasteiger partial charge in [-0.1, -0.05) is 149 Å². The van der Waals surface area contributed by atoms with Crippen LogP contribution in [0.3, 0.4) is 0 Å². The van der Waals surface area contributed by atoms with E-state index in [2.05, 4.69) is 19.2 Å². The second-order valence-electron chi connectivity index (χ2n) is 13.9. The number of phosphoric ester groups is 1. The lowest BCUT2D eigenvalue weighted by Crippen LogP contribution is -2.46. The Morgan fingerprint density at radius 2 is 1.11 bits per heavy atom. The van der Waals surface area contributed by atoms with Gasteiger partial charge in [-0.2, -0.15) is 0 Å². The predicted molar refractivity (Wildman–Crippen MR) is 183 cm³/mol. The lowest BCUT2D eigenvalue weighted by molar-refractivity contribution is -0.870. The number of aliphatic hydroxyl groups excluding tert-OH is 1. The van der Waals surface area contributed by atoms with Gasteiger partial charge in [-0.25, -0.2) is 0 Å². The van der Waals surface area contributed by atoms with Gasteiger partial charge in [0.15, 0.2) is 0 Å². The third-order valence-electron chi connectivity index (χ3n) is 8.35. The van der Waals surface area contributed by atoms with Crippen LogP contribution in [0.4, 0.5) is 0 Å². The summed E-state index contributed by atoms with van der Waals surface area (Å²) in [6, 6.07) is -0.788. The number of hydrogen-bond donors (Lipinski definition) is 2. The molecular formula is C35H73N2O6P. The number of amides is 1. The average Bonchev–Trinajstić information content (AvgIpc) is 2.95. The summed E-state index contributed by atoms with van der Waals surface area (Å²) in [5.74, 6) is -0.169. The number of unbranched alkanes of at least 4 members (excludes halogenated alkanes) is 20. The normalized spacial score (nSPS) is 14.8. The van der Waals surface area contributed by atoms with Gasteiger partial charge < -0.3 is 28.8 Å². The van der Waals surface area contributed by atoms with E-state index in [0.717, 1.165) is 38.5 Å². The number of phosphoric acid groups is 1. The fraction of sp³-hybridized carbons (Fsp3) is 0.971. The molecule has 3 unspecified atom stereocenters. The third kappa shape index (κ3) is 30.2. The number of nitrogens with zero attached hydrogens (tertiary/aromatic N) is 1. The van der Waals surface area contributed by atoms with Gasteiger partial charge in [0.05, 0.1) is 39.9 Å². The maximum absolute atomic E-state index is 12.7. The molecule has 8 nitrogen and oxygen atoms in total. The van der Waals surface area contributed by atoms with Crippen LogP contribution in [0.5, 0.6) is 0 Å². The summed E-state index contributed by atoms with van der Waals surface area (Å²) >= 11 is 0. The van der Waals surface area contributed by atoms with Crippen molar-refractivity contribution in [2.24, 2.45) is 0 Å². The molecule has 0 saturated heterocycles. The summed E-state index contributed by atoms with van der Waals surface area (Å²) in [7, 11) is 1.31. The highest BCUT2D eigenvalue weighted by atomic mass is 31.2. The Morgan fingerprint density at radius 3 is 1.55 bits per heavy atom. The van der Waals surface area contributed by atoms with E-state index in [0.29, 0.717) is 23.9 Å². The molecule has 0 heterocycles. The highest BCUT2D eigenvalue weighted by Gasteiger charge is 2.24. The van der Waals surface area contributed by atoms with Crippen LogP contribution in [-0.4, -0.2) is 68.5 Å². The number of carbonyl (C=O) groups excluding carboxylic acids is 1. The van der Waals surface area contributed by atoms with Crippen LogP contribution >= 0.6 is 7.82 Å². The number of rotatable bonds is 33. The lowest BCUT2D eigenvalue weighted by atomic mass is 10.0. The highest BCUT2D eigenvalue weighted by Crippen LogP contribution is 2.38. The van der Waals surface area contributed by atoms with E-state index in [1.807, 2.05) is 21.1 Å². The largest absolute Gasteiger partial charge is 0.756 e. The summed E-state index contributed by atoms with van der Waals surface area (Å²) in [6.45, 7) is 4.64. The van der Waals surface area contributed by atoms with Gasteiger partial charge in [0.2, 0.25) is 5.91 Å². The first-order chi connectivity index (χ1) is 21.0. The Hall–Kier alpha value is -0.500. The van der Waals surface area contributed by atoms with Crippen LogP contribution in [0.15, 0.2) is 0 Å². The van der Waals surface area contributed by atoms with Crippen molar-refractivity contribution in [3.05, 3.63) is 0 Å². The molecule has 0 aromatic rings. The fourth-order valence-corrected chi connectivity index (χ4v) is 6.05. The van der Waals surface area contributed by atoms with Crippen molar-refractivity contribution in [1.82, 2.24) is 5.32 Å². The smallest absolute Gasteiger partial charge is 0.268 e. The van der Waals surface area contributed by atoms with Crippen molar-refractivity contribution in [2.45, 2.75) is 180 Å². The second-order valence-corrected chi connectivity index (χ2v) is 15.4. The third-order valence-corrected chi connectivity index (χ3v) is 9.31. The number of quaternary nitrogens is 1. The quantitative estimate of drug-likeness (QED) is 0.0420. The Kier molecular flexibility index (Phi) is 28.4. The molecule has 264 valence electrons. The van der Waals surface area contributed by atoms with E-state index in [4.69, 9.17) is 9.05 Å². The van der Waals surface area contributed by atoms with Crippen molar-refractivity contribution in [1.29, 1.82) is 0 Å². The van der Waals surface area contributed by atoms with E-state index in [1.165, 1.54) is 103 Å². The molecule has 0 aromatic heterocycles. The highest BCUT2D eigenvalue weighted by molar-refractivity contribution is 7.45. The molecule has 0 saturated carbocycles. The summed E-state index contributed by atoms with van der Waals surface area (Å²) in [5, 5.41) is 13.7. The molecule has 1 amide bonds. The van der Waals surface area contributed by atoms with Crippen molar-refractivity contribution in [3.8, 4) is 0 Å². The van der Waals surface area contributed by atoms with E-state index in [-0.39, 0.29) is 19.1 Å². The number of nitrogens with one attached hydrogen (secondary N) is 1. The van der Waals surface area contributed by atoms with Crippen LogP contribution in [-0.2, 0) is 18.4 Å². The van der Waals surface area contributed by atoms with Crippen molar-refractivity contribution < 1.29 is 32.9 Å². The molecule has 0 aliphatic carbocycles. The summed E-state index contributed by atoms with van der Waals surface area (Å²) in [6.07, 6.45) is 27.0. The molecule has 2 N–H and O–H groups in total. The molecule has 9 heteroatoms. The topological polar surface area (TPSA) is 108 Å². The van der Waals surface area contributed by atoms with Crippen LogP contribution in [0.1, 0.15) is 168 Å². The average molecular weight is 649 g/mol. The Morgan fingerprint density at radius 1 is 0.705 bits per heavy atom. The van der Waals surface area contributed by atoms with Crippen LogP contribution < -0.4 is 10.2 Å². The lowest BCUT2D eigenvalue weighted by Gasteiger charge is -2.30. The van der Waals surface area contributed by atoms with Gasteiger partial charge in [0, 0.05) is 6.42 Å². The number of aliphatic hydroxyl groups is 1. The minimum Gasteiger partial charge on any atom is -0.756 e. The van der Waals surface area contributed by atoms with E-state index in [9.17, 15) is 19.4 Å². The predicted octanol–water partition coefficient (Wildman–Crippen LogP) is 8.44. The van der Waals surface area contributed by atoms with Crippen molar-refractivity contribution >= 4 is 13.7 Å². The minimum atomic E-state index is -4.54. The van der Waals surface area contributed by atoms with Crippen LogP contribution in [0.2, 0.25) is 0 Å². The van der Waals surface area contributed by atoms with Gasteiger partial charge in [0.25, 0.3) is 7.82 Å². The minimum absolute atomic E-state index is 0.0148. The summed E-state index contributed by atoms with van der Waals surface area (Å²) < 4.78 is 23.0. The molecule has 0 fully saturated rings. The molecule has 0 radical (unpaired) electrons. The SMILES string of the molecule is CCCCCCCCCCCCCCCCCCC(=O)NC(COP(=O)([O-])OCC[N+](C)(C)C)C(O)CCCCCCCC. The van der Waals surface area contributed by atoms with Crippen LogP contribution in [0.25, 0.3) is 0 Å². The molecule has 0 bridgehead atoms. The summed E-state index contributed by atoms with van der Waals surface area (Å²) in [4.78, 5) is 25.0. The number of carbonyl (C=O) groups is 1. The summed E-state index contributed by atoms with van der Waals surface area (Å²) in [5.41, 5.74) is 0. The first-order valence-corrected chi connectivity index (χ1v) is 19.8. The monoisotopic (exact) mass is 649 g/mol. The molecule has 0 aliphatic rings. The van der Waals surface area contributed by atoms with Crippen LogP contribution in [0, 0.1) is 0 Å². The number of hydrogen-bond acceptors (Lipinski definition) is 6. The first-order valence-electron chi connectivity index (χ1n) is 18.4. The maximum atomic E-state index is 12.7. The number of likely N-dealkylation sites (N-methyl/N-ethyl adjacent to an activating group) is 1. The molecule has 0 spiro atoms. The van der Waals surface area contributed by atoms with Crippen molar-refractivity contribution in [2.75, 3.05) is 40.9 Å². The zero-order valence-corrected chi connectivity index (χ0v) is 30.5. The molecule has 0 aliphatic heterocycles. The zero-order valence-electron chi connectivity index (χ0n) is 29.6.